The van der Waals surface area contributed by atoms with Gasteiger partial charge in [0, 0.05) is 29.8 Å². The molecule has 1 aromatic heterocycles. The van der Waals surface area contributed by atoms with Gasteiger partial charge in [-0.25, -0.2) is 4.79 Å². The second kappa shape index (κ2) is 9.31. The third-order valence-electron chi connectivity index (χ3n) is 5.07. The van der Waals surface area contributed by atoms with Gasteiger partial charge in [0.15, 0.2) is 0 Å². The molecule has 0 spiro atoms. The molecular formula is C24H27NO3S. The first-order valence-corrected chi connectivity index (χ1v) is 11.0. The smallest absolute Gasteiger partial charge is 0.336 e. The van der Waals surface area contributed by atoms with Crippen LogP contribution in [0.25, 0.3) is 11.0 Å². The molecule has 0 radical (unpaired) electrons. The molecule has 29 heavy (non-hydrogen) atoms. The lowest BCUT2D eigenvalue weighted by atomic mass is 10.0. The van der Waals surface area contributed by atoms with Gasteiger partial charge in [-0.05, 0) is 62.1 Å². The van der Waals surface area contributed by atoms with E-state index in [0.29, 0.717) is 23.6 Å². The molecule has 2 aromatic carbocycles. The number of amides is 1. The fourth-order valence-electron chi connectivity index (χ4n) is 3.27. The summed E-state index contributed by atoms with van der Waals surface area (Å²) in [5.41, 5.74) is 4.54. The first-order valence-electron chi connectivity index (χ1n) is 9.80. The zero-order chi connectivity index (χ0) is 21.0. The molecule has 3 aromatic rings. The molecule has 0 atom stereocenters. The Bertz CT molecular complexity index is 1060. The minimum absolute atomic E-state index is 0.105. The van der Waals surface area contributed by atoms with Crippen molar-refractivity contribution in [1.82, 2.24) is 4.90 Å². The number of hydrogen-bond donors (Lipinski definition) is 0. The number of rotatable bonds is 7. The van der Waals surface area contributed by atoms with E-state index in [1.54, 1.807) is 6.07 Å². The van der Waals surface area contributed by atoms with Crippen LogP contribution in [-0.2, 0) is 17.1 Å². The van der Waals surface area contributed by atoms with Crippen molar-refractivity contribution in [3.8, 4) is 0 Å². The second-order valence-electron chi connectivity index (χ2n) is 7.62. The maximum absolute atomic E-state index is 12.8. The van der Waals surface area contributed by atoms with Crippen molar-refractivity contribution in [3.63, 3.8) is 0 Å². The highest BCUT2D eigenvalue weighted by molar-refractivity contribution is 7.99. The van der Waals surface area contributed by atoms with E-state index < -0.39 is 0 Å². The lowest BCUT2D eigenvalue weighted by Crippen LogP contribution is -2.37. The van der Waals surface area contributed by atoms with Gasteiger partial charge in [0.05, 0.1) is 5.75 Å². The number of nitrogens with zero attached hydrogens (tertiary/aromatic N) is 1. The molecule has 0 aliphatic rings. The predicted octanol–water partition coefficient (Wildman–Crippen LogP) is 5.08. The summed E-state index contributed by atoms with van der Waals surface area (Å²) in [5.74, 6) is 1.07. The van der Waals surface area contributed by atoms with Gasteiger partial charge < -0.3 is 9.32 Å². The van der Waals surface area contributed by atoms with E-state index in [4.69, 9.17) is 4.42 Å². The largest absolute Gasteiger partial charge is 0.423 e. The third-order valence-corrected chi connectivity index (χ3v) is 6.03. The van der Waals surface area contributed by atoms with Crippen molar-refractivity contribution in [2.24, 2.45) is 0 Å². The van der Waals surface area contributed by atoms with Gasteiger partial charge in [0.2, 0.25) is 5.91 Å². The Kier molecular flexibility index (Phi) is 6.80. The third kappa shape index (κ3) is 5.30. The zero-order valence-corrected chi connectivity index (χ0v) is 18.2. The monoisotopic (exact) mass is 409 g/mol. The molecule has 0 aliphatic heterocycles. The molecule has 4 nitrogen and oxygen atoms in total. The molecular weight excluding hydrogens is 382 g/mol. The summed E-state index contributed by atoms with van der Waals surface area (Å²) in [6.45, 7) is 8.72. The molecule has 0 N–H and O–H groups in total. The van der Waals surface area contributed by atoms with Gasteiger partial charge in [-0.15, -0.1) is 11.8 Å². The predicted molar refractivity (Wildman–Crippen MR) is 120 cm³/mol. The van der Waals surface area contributed by atoms with Crippen LogP contribution in [0, 0.1) is 13.8 Å². The summed E-state index contributed by atoms with van der Waals surface area (Å²) < 4.78 is 5.36. The molecule has 0 fully saturated rings. The van der Waals surface area contributed by atoms with Crippen LogP contribution in [0.1, 0.15) is 36.1 Å². The van der Waals surface area contributed by atoms with E-state index in [0.717, 1.165) is 27.6 Å². The minimum Gasteiger partial charge on any atom is -0.423 e. The van der Waals surface area contributed by atoms with Crippen LogP contribution in [-0.4, -0.2) is 22.6 Å². The van der Waals surface area contributed by atoms with Gasteiger partial charge >= 0.3 is 5.63 Å². The Morgan fingerprint density at radius 1 is 1.07 bits per heavy atom. The average Bonchev–Trinajstić information content (AvgIpc) is 2.68. The van der Waals surface area contributed by atoms with Gasteiger partial charge in [-0.3, -0.25) is 4.79 Å². The van der Waals surface area contributed by atoms with Crippen LogP contribution < -0.4 is 5.63 Å². The van der Waals surface area contributed by atoms with Crippen LogP contribution in [0.5, 0.6) is 0 Å². The first-order chi connectivity index (χ1) is 13.8. The Morgan fingerprint density at radius 2 is 1.76 bits per heavy atom. The Hall–Kier alpha value is -2.53. The zero-order valence-electron chi connectivity index (χ0n) is 17.4. The quantitative estimate of drug-likeness (QED) is 0.511. The maximum Gasteiger partial charge on any atom is 0.336 e. The van der Waals surface area contributed by atoms with Gasteiger partial charge in [-0.1, -0.05) is 30.3 Å². The van der Waals surface area contributed by atoms with Crippen LogP contribution in [0.3, 0.4) is 0 Å². The molecule has 1 amide bonds. The Balaban J connectivity index is 1.70. The fraction of sp³-hybridized carbons (Fsp3) is 0.333. The van der Waals surface area contributed by atoms with Gasteiger partial charge in [0.1, 0.15) is 5.58 Å². The van der Waals surface area contributed by atoms with E-state index in [1.807, 2.05) is 69.0 Å². The van der Waals surface area contributed by atoms with Crippen molar-refractivity contribution >= 4 is 28.6 Å². The molecule has 0 unspecified atom stereocenters. The lowest BCUT2D eigenvalue weighted by Gasteiger charge is -2.27. The Labute approximate surface area is 175 Å². The second-order valence-corrected chi connectivity index (χ2v) is 8.60. The highest BCUT2D eigenvalue weighted by Crippen LogP contribution is 2.25. The standard InChI is InChI=1S/C24H27NO3S/c1-16(2)25(13-19-8-6-5-7-9-19)23(26)15-29-14-20-12-24(27)28-22-11-18(4)17(3)10-21(20)22/h5-12,16H,13-15H2,1-4H3. The van der Waals surface area contributed by atoms with Crippen molar-refractivity contribution in [2.45, 2.75) is 46.0 Å². The number of benzene rings is 2. The van der Waals surface area contributed by atoms with E-state index in [9.17, 15) is 9.59 Å². The van der Waals surface area contributed by atoms with E-state index in [2.05, 4.69) is 6.07 Å². The summed E-state index contributed by atoms with van der Waals surface area (Å²) in [6, 6.07) is 15.7. The summed E-state index contributed by atoms with van der Waals surface area (Å²) >= 11 is 1.53. The van der Waals surface area contributed by atoms with Crippen molar-refractivity contribution in [3.05, 3.63) is 81.2 Å². The summed E-state index contributed by atoms with van der Waals surface area (Å²) in [6.07, 6.45) is 0. The number of aryl methyl sites for hydroxylation is 2. The normalized spacial score (nSPS) is 11.2. The summed E-state index contributed by atoms with van der Waals surface area (Å²) in [4.78, 5) is 26.7. The first kappa shape index (κ1) is 21.2. The Morgan fingerprint density at radius 3 is 2.45 bits per heavy atom. The SMILES string of the molecule is Cc1cc2oc(=O)cc(CSCC(=O)N(Cc3ccccc3)C(C)C)c2cc1C. The van der Waals surface area contributed by atoms with Gasteiger partial charge in [-0.2, -0.15) is 0 Å². The number of carbonyl (C=O) groups excluding carboxylic acids is 1. The van der Waals surface area contributed by atoms with E-state index in [-0.39, 0.29) is 17.6 Å². The minimum atomic E-state index is -0.351. The lowest BCUT2D eigenvalue weighted by molar-refractivity contribution is -0.130. The van der Waals surface area contributed by atoms with Gasteiger partial charge in [0.25, 0.3) is 0 Å². The average molecular weight is 410 g/mol. The highest BCUT2D eigenvalue weighted by atomic mass is 32.2. The molecule has 0 bridgehead atoms. The number of hydrogen-bond acceptors (Lipinski definition) is 4. The number of thioether (sulfide) groups is 1. The van der Waals surface area contributed by atoms with Crippen LogP contribution >= 0.6 is 11.8 Å². The molecule has 1 heterocycles. The van der Waals surface area contributed by atoms with Crippen LogP contribution in [0.2, 0.25) is 0 Å². The van der Waals surface area contributed by atoms with Crippen molar-refractivity contribution < 1.29 is 9.21 Å². The summed E-state index contributed by atoms with van der Waals surface area (Å²) in [7, 11) is 0. The molecule has 0 aliphatic carbocycles. The highest BCUT2D eigenvalue weighted by Gasteiger charge is 2.17. The van der Waals surface area contributed by atoms with Crippen LogP contribution in [0.15, 0.2) is 57.7 Å². The molecule has 5 heteroatoms. The van der Waals surface area contributed by atoms with E-state index >= 15 is 0 Å². The topological polar surface area (TPSA) is 50.5 Å². The fourth-order valence-corrected chi connectivity index (χ4v) is 4.17. The van der Waals surface area contributed by atoms with Crippen molar-refractivity contribution in [2.75, 3.05) is 5.75 Å². The number of fused-ring (bicyclic) bond motifs is 1. The van der Waals surface area contributed by atoms with Crippen LogP contribution in [0.4, 0.5) is 0 Å². The molecule has 0 saturated heterocycles. The summed E-state index contributed by atoms with van der Waals surface area (Å²) in [5, 5.41) is 0.942. The molecule has 3 rings (SSSR count). The number of carbonyl (C=O) groups is 1. The van der Waals surface area contributed by atoms with Crippen molar-refractivity contribution in [1.29, 1.82) is 0 Å². The van der Waals surface area contributed by atoms with E-state index in [1.165, 1.54) is 11.8 Å². The molecule has 152 valence electrons. The molecule has 0 saturated carbocycles. The maximum atomic E-state index is 12.8.